The van der Waals surface area contributed by atoms with Crippen molar-refractivity contribution in [2.75, 3.05) is 0 Å². The Hall–Kier alpha value is -2.09. The molecule has 0 aromatic heterocycles. The molecule has 0 fully saturated rings. The molecular formula is C15H11O2-. The Bertz CT molecular complexity index is 616. The third-order valence-electron chi connectivity index (χ3n) is 3.34. The molecule has 2 aliphatic rings. The standard InChI is InChI=1S/C15H12O2/c1-9-14-4-2-12(16)7-10(14)6-11-8-13(17)3-5-15(9)11/h2-5,7-8,16H,6H2,1H3/p-1. The van der Waals surface area contributed by atoms with Crippen molar-refractivity contribution >= 4 is 11.4 Å². The fraction of sp³-hybridized carbons (Fsp3) is 0.133. The Balaban J connectivity index is 2.24. The monoisotopic (exact) mass is 223 g/mol. The zero-order valence-corrected chi connectivity index (χ0v) is 9.49. The number of benzene rings is 1. The molecule has 0 unspecified atom stereocenters. The number of hydrogen-bond donors (Lipinski definition) is 0. The molecule has 17 heavy (non-hydrogen) atoms. The van der Waals surface area contributed by atoms with E-state index >= 15 is 0 Å². The van der Waals surface area contributed by atoms with E-state index in [2.05, 4.69) is 0 Å². The molecule has 0 saturated carbocycles. The normalized spacial score (nSPS) is 17.7. The van der Waals surface area contributed by atoms with Gasteiger partial charge in [-0.15, -0.1) is 5.75 Å². The van der Waals surface area contributed by atoms with Crippen LogP contribution in [0.3, 0.4) is 0 Å². The molecule has 2 aliphatic carbocycles. The van der Waals surface area contributed by atoms with E-state index in [4.69, 9.17) is 0 Å². The highest BCUT2D eigenvalue weighted by atomic mass is 16.3. The Morgan fingerprint density at radius 3 is 2.88 bits per heavy atom. The van der Waals surface area contributed by atoms with Crippen molar-refractivity contribution in [1.82, 2.24) is 0 Å². The summed E-state index contributed by atoms with van der Waals surface area (Å²) in [6, 6.07) is 5.13. The molecule has 0 radical (unpaired) electrons. The van der Waals surface area contributed by atoms with Crippen LogP contribution in [-0.4, -0.2) is 5.78 Å². The van der Waals surface area contributed by atoms with Gasteiger partial charge < -0.3 is 5.11 Å². The van der Waals surface area contributed by atoms with Crippen LogP contribution in [0.1, 0.15) is 18.1 Å². The first kappa shape index (κ1) is 10.1. The van der Waals surface area contributed by atoms with Crippen LogP contribution in [-0.2, 0) is 11.2 Å². The highest BCUT2D eigenvalue weighted by molar-refractivity contribution is 6.04. The van der Waals surface area contributed by atoms with Crippen molar-refractivity contribution in [2.24, 2.45) is 0 Å². The second-order valence-electron chi connectivity index (χ2n) is 4.44. The van der Waals surface area contributed by atoms with E-state index in [1.807, 2.05) is 19.1 Å². The molecule has 0 atom stereocenters. The zero-order valence-electron chi connectivity index (χ0n) is 9.49. The predicted molar refractivity (Wildman–Crippen MR) is 64.4 cm³/mol. The number of fused-ring (bicyclic) bond motifs is 2. The van der Waals surface area contributed by atoms with Gasteiger partial charge in [-0.2, -0.15) is 0 Å². The van der Waals surface area contributed by atoms with Gasteiger partial charge in [-0.05, 0) is 53.3 Å². The van der Waals surface area contributed by atoms with Crippen molar-refractivity contribution in [2.45, 2.75) is 13.3 Å². The second-order valence-corrected chi connectivity index (χ2v) is 4.44. The summed E-state index contributed by atoms with van der Waals surface area (Å²) < 4.78 is 0. The molecule has 3 rings (SSSR count). The van der Waals surface area contributed by atoms with E-state index < -0.39 is 0 Å². The molecule has 2 heteroatoms. The Morgan fingerprint density at radius 1 is 1.24 bits per heavy atom. The van der Waals surface area contributed by atoms with Crippen LogP contribution < -0.4 is 5.11 Å². The third kappa shape index (κ3) is 1.53. The van der Waals surface area contributed by atoms with Gasteiger partial charge in [0.2, 0.25) is 0 Å². The van der Waals surface area contributed by atoms with Gasteiger partial charge in [0.25, 0.3) is 0 Å². The molecular weight excluding hydrogens is 212 g/mol. The number of carbonyl (C=O) groups is 1. The van der Waals surface area contributed by atoms with Gasteiger partial charge in [0.05, 0.1) is 0 Å². The summed E-state index contributed by atoms with van der Waals surface area (Å²) in [7, 11) is 0. The summed E-state index contributed by atoms with van der Waals surface area (Å²) in [5.41, 5.74) is 5.42. The Morgan fingerprint density at radius 2 is 2.06 bits per heavy atom. The molecule has 0 aliphatic heterocycles. The average molecular weight is 223 g/mol. The maximum Gasteiger partial charge on any atom is 0.178 e. The van der Waals surface area contributed by atoms with Crippen molar-refractivity contribution < 1.29 is 9.90 Å². The minimum Gasteiger partial charge on any atom is -0.872 e. The Labute approximate surface area is 99.6 Å². The summed E-state index contributed by atoms with van der Waals surface area (Å²) in [5.74, 6) is 0.0524. The van der Waals surface area contributed by atoms with Gasteiger partial charge in [0, 0.05) is 0 Å². The van der Waals surface area contributed by atoms with Crippen LogP contribution >= 0.6 is 0 Å². The number of allylic oxidation sites excluding steroid dienone is 6. The SMILES string of the molecule is CC1=C2C=CC(=O)C=C2Cc2cc([O-])ccc21. The lowest BCUT2D eigenvalue weighted by molar-refractivity contribution is -0.268. The van der Waals surface area contributed by atoms with E-state index in [9.17, 15) is 9.90 Å². The van der Waals surface area contributed by atoms with Crippen LogP contribution in [0.5, 0.6) is 5.75 Å². The first-order chi connectivity index (χ1) is 8.15. The summed E-state index contributed by atoms with van der Waals surface area (Å²) in [5, 5.41) is 11.4. The van der Waals surface area contributed by atoms with Crippen LogP contribution in [0.4, 0.5) is 0 Å². The van der Waals surface area contributed by atoms with Crippen molar-refractivity contribution in [3.63, 3.8) is 0 Å². The summed E-state index contributed by atoms with van der Waals surface area (Å²) in [6.07, 6.45) is 5.81. The van der Waals surface area contributed by atoms with Crippen LogP contribution in [0.15, 0.2) is 47.6 Å². The summed E-state index contributed by atoms with van der Waals surface area (Å²) in [4.78, 5) is 11.4. The number of carbonyl (C=O) groups excluding carboxylic acids is 1. The van der Waals surface area contributed by atoms with E-state index in [0.29, 0.717) is 6.42 Å². The van der Waals surface area contributed by atoms with Gasteiger partial charge in [-0.3, -0.25) is 4.79 Å². The third-order valence-corrected chi connectivity index (χ3v) is 3.34. The van der Waals surface area contributed by atoms with E-state index in [0.717, 1.165) is 27.8 Å². The molecule has 0 spiro atoms. The largest absolute Gasteiger partial charge is 0.872 e. The predicted octanol–water partition coefficient (Wildman–Crippen LogP) is 2.16. The lowest BCUT2D eigenvalue weighted by Crippen LogP contribution is -2.10. The first-order valence-corrected chi connectivity index (χ1v) is 5.59. The van der Waals surface area contributed by atoms with Gasteiger partial charge in [0.1, 0.15) is 0 Å². The second kappa shape index (κ2) is 3.45. The summed E-state index contributed by atoms with van der Waals surface area (Å²) >= 11 is 0. The van der Waals surface area contributed by atoms with Crippen molar-refractivity contribution in [1.29, 1.82) is 0 Å². The Kier molecular flexibility index (Phi) is 2.05. The van der Waals surface area contributed by atoms with E-state index in [1.165, 1.54) is 0 Å². The lowest BCUT2D eigenvalue weighted by atomic mass is 9.80. The fourth-order valence-electron chi connectivity index (χ4n) is 2.51. The van der Waals surface area contributed by atoms with Crippen LogP contribution in [0.25, 0.3) is 5.57 Å². The molecule has 0 amide bonds. The minimum atomic E-state index is 0.0262. The lowest BCUT2D eigenvalue weighted by Gasteiger charge is -2.25. The molecule has 0 N–H and O–H groups in total. The topological polar surface area (TPSA) is 40.1 Å². The van der Waals surface area contributed by atoms with Gasteiger partial charge >= 0.3 is 0 Å². The molecule has 2 nitrogen and oxygen atoms in total. The van der Waals surface area contributed by atoms with Crippen molar-refractivity contribution in [3.8, 4) is 5.75 Å². The smallest absolute Gasteiger partial charge is 0.178 e. The quantitative estimate of drug-likeness (QED) is 0.676. The number of ketones is 1. The van der Waals surface area contributed by atoms with E-state index in [1.54, 1.807) is 24.3 Å². The highest BCUT2D eigenvalue weighted by Crippen LogP contribution is 2.37. The minimum absolute atomic E-state index is 0.0262. The van der Waals surface area contributed by atoms with Gasteiger partial charge in [-0.1, -0.05) is 24.3 Å². The maximum atomic E-state index is 11.4. The molecule has 84 valence electrons. The van der Waals surface area contributed by atoms with Gasteiger partial charge in [-0.25, -0.2) is 0 Å². The van der Waals surface area contributed by atoms with Crippen molar-refractivity contribution in [3.05, 3.63) is 58.7 Å². The number of rotatable bonds is 0. The van der Waals surface area contributed by atoms with Gasteiger partial charge in [0.15, 0.2) is 5.78 Å². The first-order valence-electron chi connectivity index (χ1n) is 5.59. The maximum absolute atomic E-state index is 11.4. The fourth-order valence-corrected chi connectivity index (χ4v) is 2.51. The molecule has 1 aromatic carbocycles. The van der Waals surface area contributed by atoms with Crippen LogP contribution in [0, 0.1) is 0 Å². The average Bonchev–Trinajstić information content (AvgIpc) is 2.28. The number of hydrogen-bond acceptors (Lipinski definition) is 2. The van der Waals surface area contributed by atoms with Crippen LogP contribution in [0.2, 0.25) is 0 Å². The van der Waals surface area contributed by atoms with E-state index in [-0.39, 0.29) is 11.5 Å². The molecule has 1 aromatic rings. The molecule has 0 heterocycles. The zero-order chi connectivity index (χ0) is 12.0. The molecule has 0 saturated heterocycles. The molecule has 0 bridgehead atoms. The highest BCUT2D eigenvalue weighted by Gasteiger charge is 2.20. The summed E-state index contributed by atoms with van der Waals surface area (Å²) in [6.45, 7) is 2.03.